The molecule has 6 nitrogen and oxygen atoms in total. The van der Waals surface area contributed by atoms with E-state index in [1.54, 1.807) is 0 Å². The molecule has 5 unspecified atom stereocenters. The predicted molar refractivity (Wildman–Crippen MR) is 62.5 cm³/mol. The van der Waals surface area contributed by atoms with Gasteiger partial charge in [-0.05, 0) is 0 Å². The maximum atomic E-state index is 13.6. The van der Waals surface area contributed by atoms with Crippen molar-refractivity contribution in [3.05, 3.63) is 0 Å². The average molecular weight is 318 g/mol. The van der Waals surface area contributed by atoms with Crippen molar-refractivity contribution in [2.24, 2.45) is 0 Å². The summed E-state index contributed by atoms with van der Waals surface area (Å²) in [6.45, 7) is -1.22. The zero-order chi connectivity index (χ0) is 15.6. The zero-order valence-electron chi connectivity index (χ0n) is 10.6. The lowest BCUT2D eigenvalue weighted by molar-refractivity contribution is -0.0488. The van der Waals surface area contributed by atoms with Crippen LogP contribution in [-0.4, -0.2) is 68.2 Å². The Balaban J connectivity index is 2.72. The van der Waals surface area contributed by atoms with Crippen LogP contribution in [0.1, 0.15) is 6.42 Å². The van der Waals surface area contributed by atoms with Crippen molar-refractivity contribution in [2.45, 2.75) is 36.4 Å². The van der Waals surface area contributed by atoms with E-state index in [1.807, 2.05) is 0 Å². The smallest absolute Gasteiger partial charge is 0.388 e. The first kappa shape index (κ1) is 17.9. The van der Waals surface area contributed by atoms with Crippen LogP contribution in [-0.2, 0) is 18.6 Å². The van der Waals surface area contributed by atoms with Crippen LogP contribution in [0.4, 0.5) is 13.2 Å². The molecule has 5 atom stereocenters. The van der Waals surface area contributed by atoms with Gasteiger partial charge in [-0.15, -0.1) is 0 Å². The second-order valence-electron chi connectivity index (χ2n) is 4.23. The molecule has 1 fully saturated rings. The van der Waals surface area contributed by atoms with Crippen LogP contribution >= 0.6 is 7.60 Å². The molecule has 20 heavy (non-hydrogen) atoms. The fourth-order valence-corrected chi connectivity index (χ4v) is 2.48. The second kappa shape index (κ2) is 6.76. The maximum absolute atomic E-state index is 13.6. The Morgan fingerprint density at radius 1 is 1.50 bits per heavy atom. The van der Waals surface area contributed by atoms with Gasteiger partial charge in [-0.3, -0.25) is 4.57 Å². The molecule has 0 amide bonds. The van der Waals surface area contributed by atoms with E-state index < -0.39 is 50.7 Å². The third-order valence-corrected chi connectivity index (χ3v) is 4.37. The summed E-state index contributed by atoms with van der Waals surface area (Å²) in [4.78, 5) is 9.00. The van der Waals surface area contributed by atoms with Crippen molar-refractivity contribution in [1.29, 1.82) is 0 Å². The average Bonchev–Trinajstić information content (AvgIpc) is 2.61. The summed E-state index contributed by atoms with van der Waals surface area (Å²) < 4.78 is 63.9. The molecule has 1 saturated heterocycles. The molecule has 0 aromatic rings. The van der Waals surface area contributed by atoms with E-state index in [9.17, 15) is 22.8 Å². The molecule has 0 spiro atoms. The number of alkyl halides is 3. The summed E-state index contributed by atoms with van der Waals surface area (Å²) in [5, 5.41) is 9.75. The monoisotopic (exact) mass is 318 g/mol. The fraction of sp³-hybridized carbons (Fsp3) is 1.00. The van der Waals surface area contributed by atoms with Gasteiger partial charge in [0.25, 0.3) is 0 Å². The minimum atomic E-state index is -5.18. The summed E-state index contributed by atoms with van der Waals surface area (Å²) >= 11 is 0. The lowest BCUT2D eigenvalue weighted by Gasteiger charge is -2.25. The van der Waals surface area contributed by atoms with E-state index in [2.05, 4.69) is 4.52 Å². The van der Waals surface area contributed by atoms with Crippen LogP contribution in [0.3, 0.4) is 0 Å². The van der Waals surface area contributed by atoms with Gasteiger partial charge in [-0.1, -0.05) is 0 Å². The van der Waals surface area contributed by atoms with Crippen LogP contribution in [0, 0.1) is 0 Å². The highest BCUT2D eigenvalue weighted by Gasteiger charge is 2.55. The van der Waals surface area contributed by atoms with Crippen molar-refractivity contribution in [2.75, 3.05) is 20.4 Å². The van der Waals surface area contributed by atoms with Gasteiger partial charge in [-0.2, -0.15) is 8.78 Å². The minimum Gasteiger partial charge on any atom is -0.388 e. The Labute approximate surface area is 115 Å². The van der Waals surface area contributed by atoms with Gasteiger partial charge in [0.2, 0.25) is 0 Å². The predicted octanol–water partition coefficient (Wildman–Crippen LogP) is 0.410. The van der Waals surface area contributed by atoms with Crippen molar-refractivity contribution >= 4 is 15.4 Å². The van der Waals surface area contributed by atoms with Crippen LogP contribution < -0.4 is 0 Å². The van der Waals surface area contributed by atoms with Crippen molar-refractivity contribution in [1.82, 2.24) is 0 Å². The van der Waals surface area contributed by atoms with Crippen LogP contribution in [0.2, 0.25) is 0 Å². The number of aliphatic hydroxyl groups is 1. The van der Waals surface area contributed by atoms with Gasteiger partial charge in [0.05, 0.1) is 19.1 Å². The highest BCUT2D eigenvalue weighted by Crippen LogP contribution is 2.59. The molecule has 2 N–H and O–H groups in total. The number of rotatable bonds is 7. The van der Waals surface area contributed by atoms with Crippen LogP contribution in [0.15, 0.2) is 0 Å². The van der Waals surface area contributed by atoms with Gasteiger partial charge in [0.15, 0.2) is 0 Å². The number of ether oxygens (including phenoxy) is 2. The molecule has 1 heterocycles. The summed E-state index contributed by atoms with van der Waals surface area (Å²) in [5.74, 6) is 0. The second-order valence-corrected chi connectivity index (χ2v) is 6.29. The van der Waals surface area contributed by atoms with Gasteiger partial charge in [-0.25, -0.2) is 4.39 Å². The quantitative estimate of drug-likeness (QED) is 0.522. The molecular formula is C9H15BF3O6P. The van der Waals surface area contributed by atoms with Gasteiger partial charge < -0.3 is 24.0 Å². The molecule has 0 aliphatic carbocycles. The topological polar surface area (TPSA) is 85.2 Å². The minimum absolute atomic E-state index is 0.377. The normalized spacial score (nSPS) is 34.1. The Kier molecular flexibility index (Phi) is 6.07. The SMILES string of the molecule is [B]C1OC(CC(F)(F)P(=O)(O)OC)C(O)C1OCCF. The van der Waals surface area contributed by atoms with Crippen LogP contribution in [0.25, 0.3) is 0 Å². The first-order valence-corrected chi connectivity index (χ1v) is 7.27. The highest BCUT2D eigenvalue weighted by atomic mass is 31.2. The standard InChI is InChI=1S/C9H15BF3O6P/c1-17-20(15,16)9(12,13)4-5-6(14)7(8(10)19-5)18-3-2-11/h5-8,14H,2-4H2,1H3,(H,15,16). The van der Waals surface area contributed by atoms with Crippen molar-refractivity contribution in [3.63, 3.8) is 0 Å². The third kappa shape index (κ3) is 3.75. The van der Waals surface area contributed by atoms with Gasteiger partial charge in [0, 0.05) is 13.1 Å². The van der Waals surface area contributed by atoms with E-state index in [-0.39, 0.29) is 6.61 Å². The Morgan fingerprint density at radius 2 is 2.10 bits per heavy atom. The fourth-order valence-electron chi connectivity index (χ4n) is 1.80. The van der Waals surface area contributed by atoms with Gasteiger partial charge >= 0.3 is 13.3 Å². The molecular weight excluding hydrogens is 303 g/mol. The molecule has 1 rings (SSSR count). The summed E-state index contributed by atoms with van der Waals surface area (Å²) in [7, 11) is 0.908. The molecule has 0 saturated carbocycles. The first-order valence-electron chi connectivity index (χ1n) is 5.69. The molecule has 0 aromatic carbocycles. The van der Waals surface area contributed by atoms with Crippen LogP contribution in [0.5, 0.6) is 0 Å². The van der Waals surface area contributed by atoms with E-state index in [4.69, 9.17) is 22.2 Å². The number of hydrogen-bond donors (Lipinski definition) is 2. The Morgan fingerprint density at radius 3 is 2.60 bits per heavy atom. The number of hydrogen-bond acceptors (Lipinski definition) is 5. The molecule has 1 aliphatic rings. The summed E-state index contributed by atoms with van der Waals surface area (Å²) in [6, 6.07) is -1.24. The molecule has 0 aromatic heterocycles. The molecule has 116 valence electrons. The largest absolute Gasteiger partial charge is 0.396 e. The maximum Gasteiger partial charge on any atom is 0.396 e. The molecule has 2 radical (unpaired) electrons. The third-order valence-electron chi connectivity index (χ3n) is 2.87. The van der Waals surface area contributed by atoms with Gasteiger partial charge in [0.1, 0.15) is 26.7 Å². The van der Waals surface area contributed by atoms with E-state index >= 15 is 0 Å². The number of aliphatic hydroxyl groups excluding tert-OH is 1. The molecule has 1 aliphatic heterocycles. The molecule has 11 heteroatoms. The number of halogens is 3. The van der Waals surface area contributed by atoms with E-state index in [0.29, 0.717) is 7.11 Å². The van der Waals surface area contributed by atoms with E-state index in [0.717, 1.165) is 0 Å². The lowest BCUT2D eigenvalue weighted by atomic mass is 9.92. The Bertz CT molecular complexity index is 374. The summed E-state index contributed by atoms with van der Waals surface area (Å²) in [5.41, 5.74) is -4.12. The van der Waals surface area contributed by atoms with Crippen molar-refractivity contribution in [3.8, 4) is 0 Å². The highest BCUT2D eigenvalue weighted by molar-refractivity contribution is 7.54. The van der Waals surface area contributed by atoms with Crippen molar-refractivity contribution < 1.29 is 41.7 Å². The lowest BCUT2D eigenvalue weighted by Crippen LogP contribution is -2.38. The first-order chi connectivity index (χ1) is 9.16. The van der Waals surface area contributed by atoms with E-state index in [1.165, 1.54) is 0 Å². The Hall–Kier alpha value is -0.115. The summed E-state index contributed by atoms with van der Waals surface area (Å²) in [6.07, 6.45) is -5.56. The molecule has 0 bridgehead atoms. The zero-order valence-corrected chi connectivity index (χ0v) is 11.5.